The van der Waals surface area contributed by atoms with E-state index >= 15 is 0 Å². The van der Waals surface area contributed by atoms with Crippen LogP contribution in [0.4, 0.5) is 27.6 Å². The molecule has 1 heterocycles. The van der Waals surface area contributed by atoms with Crippen molar-refractivity contribution in [3.8, 4) is 5.75 Å². The Balaban J connectivity index is 1.58. The van der Waals surface area contributed by atoms with E-state index in [1.165, 1.54) is 0 Å². The van der Waals surface area contributed by atoms with Crippen LogP contribution in [0, 0.1) is 35.0 Å². The first-order chi connectivity index (χ1) is 15.6. The van der Waals surface area contributed by atoms with Gasteiger partial charge in [-0.2, -0.15) is 0 Å². The number of piperazine rings is 1. The van der Waals surface area contributed by atoms with Crippen molar-refractivity contribution in [3.63, 3.8) is 0 Å². The summed E-state index contributed by atoms with van der Waals surface area (Å²) in [5.74, 6) is -9.39. The van der Waals surface area contributed by atoms with Crippen LogP contribution in [0.5, 0.6) is 5.75 Å². The van der Waals surface area contributed by atoms with E-state index in [9.17, 15) is 26.7 Å². The summed E-state index contributed by atoms with van der Waals surface area (Å²) in [5, 5.41) is 2.67. The second kappa shape index (κ2) is 10.3. The molecule has 0 radical (unpaired) electrons. The van der Waals surface area contributed by atoms with Crippen LogP contribution in [0.1, 0.15) is 24.2 Å². The van der Waals surface area contributed by atoms with Crippen LogP contribution in [0.15, 0.2) is 24.3 Å². The second-order valence-corrected chi connectivity index (χ2v) is 8.27. The lowest BCUT2D eigenvalue weighted by atomic mass is 10.2. The van der Waals surface area contributed by atoms with Crippen LogP contribution in [0.25, 0.3) is 0 Å². The van der Waals surface area contributed by atoms with Crippen LogP contribution >= 0.6 is 12.2 Å². The summed E-state index contributed by atoms with van der Waals surface area (Å²) in [7, 11) is 0. The predicted molar refractivity (Wildman–Crippen MR) is 117 cm³/mol. The van der Waals surface area contributed by atoms with Crippen LogP contribution in [0.3, 0.4) is 0 Å². The monoisotopic (exact) mass is 487 g/mol. The fourth-order valence-corrected chi connectivity index (χ4v) is 3.49. The van der Waals surface area contributed by atoms with Gasteiger partial charge in [0.2, 0.25) is 5.82 Å². The van der Waals surface area contributed by atoms with Crippen molar-refractivity contribution < 1.29 is 31.5 Å². The Morgan fingerprint density at radius 3 is 1.97 bits per heavy atom. The highest BCUT2D eigenvalue weighted by Crippen LogP contribution is 2.30. The van der Waals surface area contributed by atoms with E-state index in [1.807, 2.05) is 13.8 Å². The minimum atomic E-state index is -2.20. The summed E-state index contributed by atoms with van der Waals surface area (Å²) < 4.78 is 73.9. The Morgan fingerprint density at radius 2 is 1.45 bits per heavy atom. The smallest absolute Gasteiger partial charge is 0.257 e. The molecule has 178 valence electrons. The number of carbonyl (C=O) groups excluding carboxylic acids is 1. The first-order valence-electron chi connectivity index (χ1n) is 10.2. The molecule has 0 aliphatic carbocycles. The van der Waals surface area contributed by atoms with E-state index < -0.39 is 40.7 Å². The minimum absolute atomic E-state index is 0.0593. The standard InChI is InChI=1S/C22H22F5N3O2S/c1-12(2)11-32-14-5-3-13(4-6-14)21(31)28-22(33)30-9-7-29(8-10-30)20-18(26)16(24)15(23)17(25)19(20)27/h3-6,12H,7-11H2,1-2H3,(H,28,31,33). The number of hydrogen-bond acceptors (Lipinski definition) is 4. The lowest BCUT2D eigenvalue weighted by molar-refractivity contribution is 0.0973. The van der Waals surface area contributed by atoms with E-state index in [0.717, 1.165) is 4.90 Å². The summed E-state index contributed by atoms with van der Waals surface area (Å²) in [6, 6.07) is 6.52. The number of amides is 1. The molecule has 0 atom stereocenters. The number of halogens is 5. The molecule has 11 heteroatoms. The highest BCUT2D eigenvalue weighted by Gasteiger charge is 2.31. The van der Waals surface area contributed by atoms with Crippen LogP contribution in [0.2, 0.25) is 0 Å². The van der Waals surface area contributed by atoms with Gasteiger partial charge >= 0.3 is 0 Å². The molecule has 1 fully saturated rings. The number of nitrogens with zero attached hydrogens (tertiary/aromatic N) is 2. The third-order valence-corrected chi connectivity index (χ3v) is 5.35. The summed E-state index contributed by atoms with van der Waals surface area (Å²) in [6.07, 6.45) is 0. The minimum Gasteiger partial charge on any atom is -0.493 e. The van der Waals surface area contributed by atoms with Gasteiger partial charge in [0.25, 0.3) is 5.91 Å². The number of carbonyl (C=O) groups is 1. The van der Waals surface area contributed by atoms with Gasteiger partial charge in [-0.05, 0) is 42.4 Å². The fourth-order valence-electron chi connectivity index (χ4n) is 3.22. The second-order valence-electron chi connectivity index (χ2n) is 7.88. The molecule has 2 aromatic rings. The van der Waals surface area contributed by atoms with Gasteiger partial charge in [0, 0.05) is 31.7 Å². The zero-order chi connectivity index (χ0) is 24.3. The first-order valence-corrected chi connectivity index (χ1v) is 10.6. The van der Waals surface area contributed by atoms with Gasteiger partial charge in [0.05, 0.1) is 6.61 Å². The Kier molecular flexibility index (Phi) is 7.72. The molecular weight excluding hydrogens is 465 g/mol. The maximum atomic E-state index is 14.1. The van der Waals surface area contributed by atoms with Crippen molar-refractivity contribution in [3.05, 3.63) is 58.9 Å². The van der Waals surface area contributed by atoms with Crippen molar-refractivity contribution >= 4 is 28.9 Å². The van der Waals surface area contributed by atoms with E-state index in [0.29, 0.717) is 23.8 Å². The Hall–Kier alpha value is -2.95. The van der Waals surface area contributed by atoms with Gasteiger partial charge in [-0.3, -0.25) is 10.1 Å². The van der Waals surface area contributed by atoms with Gasteiger partial charge in [-0.25, -0.2) is 22.0 Å². The molecule has 2 aromatic carbocycles. The highest BCUT2D eigenvalue weighted by molar-refractivity contribution is 7.80. The van der Waals surface area contributed by atoms with Crippen molar-refractivity contribution in [2.75, 3.05) is 37.7 Å². The summed E-state index contributed by atoms with van der Waals surface area (Å²) >= 11 is 5.24. The lowest BCUT2D eigenvalue weighted by Crippen LogP contribution is -2.53. The van der Waals surface area contributed by atoms with Gasteiger partial charge in [0.15, 0.2) is 28.4 Å². The molecule has 5 nitrogen and oxygen atoms in total. The Morgan fingerprint density at radius 1 is 0.939 bits per heavy atom. The molecule has 0 spiro atoms. The predicted octanol–water partition coefficient (Wildman–Crippen LogP) is 4.25. The number of anilines is 1. The molecule has 33 heavy (non-hydrogen) atoms. The number of rotatable bonds is 5. The molecule has 0 saturated carbocycles. The van der Waals surface area contributed by atoms with E-state index in [2.05, 4.69) is 5.32 Å². The molecule has 0 unspecified atom stereocenters. The molecule has 1 amide bonds. The van der Waals surface area contributed by atoms with Crippen molar-refractivity contribution in [2.24, 2.45) is 5.92 Å². The van der Waals surface area contributed by atoms with Crippen LogP contribution in [-0.2, 0) is 0 Å². The van der Waals surface area contributed by atoms with E-state index in [4.69, 9.17) is 17.0 Å². The highest BCUT2D eigenvalue weighted by atomic mass is 32.1. The number of ether oxygens (including phenoxy) is 1. The molecular formula is C22H22F5N3O2S. The number of nitrogens with one attached hydrogen (secondary N) is 1. The van der Waals surface area contributed by atoms with Crippen LogP contribution < -0.4 is 15.0 Å². The molecule has 1 saturated heterocycles. The molecule has 0 aromatic heterocycles. The molecule has 1 N–H and O–H groups in total. The van der Waals surface area contributed by atoms with Crippen molar-refractivity contribution in [2.45, 2.75) is 13.8 Å². The van der Waals surface area contributed by atoms with E-state index in [1.54, 1.807) is 29.2 Å². The number of hydrogen-bond donors (Lipinski definition) is 1. The van der Waals surface area contributed by atoms with Crippen LogP contribution in [-0.4, -0.2) is 48.7 Å². The van der Waals surface area contributed by atoms with Gasteiger partial charge < -0.3 is 14.5 Å². The molecule has 1 aliphatic rings. The Bertz CT molecular complexity index is 1010. The zero-order valence-corrected chi connectivity index (χ0v) is 18.7. The normalized spacial score (nSPS) is 13.9. The maximum Gasteiger partial charge on any atom is 0.257 e. The van der Waals surface area contributed by atoms with Gasteiger partial charge in [-0.15, -0.1) is 0 Å². The average Bonchev–Trinajstić information content (AvgIpc) is 2.81. The van der Waals surface area contributed by atoms with Crippen molar-refractivity contribution in [1.82, 2.24) is 10.2 Å². The largest absolute Gasteiger partial charge is 0.493 e. The zero-order valence-electron chi connectivity index (χ0n) is 17.9. The molecule has 1 aliphatic heterocycles. The van der Waals surface area contributed by atoms with E-state index in [-0.39, 0.29) is 31.3 Å². The quantitative estimate of drug-likeness (QED) is 0.296. The third-order valence-electron chi connectivity index (χ3n) is 4.99. The topological polar surface area (TPSA) is 44.8 Å². The number of benzene rings is 2. The molecule has 0 bridgehead atoms. The molecule has 3 rings (SSSR count). The van der Waals surface area contributed by atoms with Gasteiger partial charge in [0.1, 0.15) is 11.4 Å². The fraction of sp³-hybridized carbons (Fsp3) is 0.364. The summed E-state index contributed by atoms with van der Waals surface area (Å²) in [6.45, 7) is 4.69. The van der Waals surface area contributed by atoms with Crippen molar-refractivity contribution in [1.29, 1.82) is 0 Å². The third kappa shape index (κ3) is 5.52. The lowest BCUT2D eigenvalue weighted by Gasteiger charge is -2.37. The van der Waals surface area contributed by atoms with Gasteiger partial charge in [-0.1, -0.05) is 13.8 Å². The average molecular weight is 487 g/mol. The number of thiocarbonyl (C=S) groups is 1. The summed E-state index contributed by atoms with van der Waals surface area (Å²) in [5.41, 5.74) is -0.616. The summed E-state index contributed by atoms with van der Waals surface area (Å²) in [4.78, 5) is 15.1. The first kappa shape index (κ1) is 24.7. The SMILES string of the molecule is CC(C)COc1ccc(C(=O)NC(=S)N2CCN(c3c(F)c(F)c(F)c(F)c3F)CC2)cc1. The maximum absolute atomic E-state index is 14.1. The Labute approximate surface area is 193 Å².